The maximum absolute atomic E-state index is 2.26. The van der Waals surface area contributed by atoms with E-state index >= 15 is 0 Å². The van der Waals surface area contributed by atoms with Gasteiger partial charge in [0, 0.05) is 0 Å². The summed E-state index contributed by atoms with van der Waals surface area (Å²) in [6.07, 6.45) is 2.45. The van der Waals surface area contributed by atoms with Gasteiger partial charge in [-0.05, 0) is 35.8 Å². The third-order valence-corrected chi connectivity index (χ3v) is 3.96. The highest BCUT2D eigenvalue weighted by atomic mass is 14.0. The zero-order chi connectivity index (χ0) is 16.8. The molecule has 2 atom stereocenters. The van der Waals surface area contributed by atoms with Crippen molar-refractivity contribution in [1.82, 2.24) is 0 Å². The van der Waals surface area contributed by atoms with Crippen molar-refractivity contribution in [2.75, 3.05) is 0 Å². The van der Waals surface area contributed by atoms with Crippen LogP contribution in [-0.4, -0.2) is 0 Å². The Kier molecular flexibility index (Phi) is 12.2. The van der Waals surface area contributed by atoms with Crippen LogP contribution in [-0.2, 0) is 0 Å². The molecule has 0 aliphatic carbocycles. The first kappa shape index (κ1) is 20.4. The molecule has 0 heterocycles. The van der Waals surface area contributed by atoms with Crippen LogP contribution in [0.5, 0.6) is 0 Å². The lowest BCUT2D eigenvalue weighted by Gasteiger charge is -2.06. The van der Waals surface area contributed by atoms with Crippen LogP contribution in [0.3, 0.4) is 0 Å². The minimum absolute atomic E-state index is 0.709. The van der Waals surface area contributed by atoms with Crippen LogP contribution in [0.15, 0.2) is 60.7 Å². The quantitative estimate of drug-likeness (QED) is 0.550. The monoisotopic (exact) mass is 298 g/mol. The molecular weight excluding hydrogens is 264 g/mol. The van der Waals surface area contributed by atoms with Gasteiger partial charge in [0.05, 0.1) is 0 Å². The maximum Gasteiger partial charge on any atom is -0.0193 e. The number of rotatable bonds is 4. The van der Waals surface area contributed by atoms with Gasteiger partial charge < -0.3 is 0 Å². The molecule has 0 spiro atoms. The zero-order valence-corrected chi connectivity index (χ0v) is 15.3. The van der Waals surface area contributed by atoms with Crippen LogP contribution >= 0.6 is 0 Å². The molecule has 2 aromatic rings. The largest absolute Gasteiger partial charge is 0.0683 e. The van der Waals surface area contributed by atoms with Gasteiger partial charge in [-0.25, -0.2) is 0 Å². The van der Waals surface area contributed by atoms with Gasteiger partial charge in [0.2, 0.25) is 0 Å². The van der Waals surface area contributed by atoms with Gasteiger partial charge in [-0.15, -0.1) is 0 Å². The molecule has 0 N–H and O–H groups in total. The van der Waals surface area contributed by atoms with E-state index in [1.54, 1.807) is 0 Å². The molecule has 0 amide bonds. The second kappa shape index (κ2) is 13.1. The fraction of sp³-hybridized carbons (Fsp3) is 0.455. The number of benzene rings is 2. The first-order chi connectivity index (χ1) is 10.7. The van der Waals surface area contributed by atoms with Crippen molar-refractivity contribution in [3.8, 4) is 0 Å². The van der Waals surface area contributed by atoms with E-state index in [2.05, 4.69) is 88.4 Å². The molecule has 0 bridgehead atoms. The molecule has 2 aromatic carbocycles. The summed E-state index contributed by atoms with van der Waals surface area (Å²) in [4.78, 5) is 0. The topological polar surface area (TPSA) is 0 Å². The van der Waals surface area contributed by atoms with Crippen molar-refractivity contribution in [3.05, 3.63) is 71.8 Å². The molecule has 0 aliphatic rings. The molecule has 0 radical (unpaired) electrons. The van der Waals surface area contributed by atoms with Crippen molar-refractivity contribution < 1.29 is 0 Å². The van der Waals surface area contributed by atoms with E-state index < -0.39 is 0 Å². The SMILES string of the molecule is CC.CCC(C)c1ccccc1.CCC(C)c1ccccc1. The minimum Gasteiger partial charge on any atom is -0.0683 e. The predicted octanol–water partition coefficient (Wildman–Crippen LogP) is 7.43. The van der Waals surface area contributed by atoms with Gasteiger partial charge in [-0.1, -0.05) is 102 Å². The highest BCUT2D eigenvalue weighted by Gasteiger charge is 1.99. The van der Waals surface area contributed by atoms with Crippen LogP contribution in [0.2, 0.25) is 0 Å². The van der Waals surface area contributed by atoms with Crippen molar-refractivity contribution in [3.63, 3.8) is 0 Å². The van der Waals surface area contributed by atoms with Gasteiger partial charge in [0.25, 0.3) is 0 Å². The van der Waals surface area contributed by atoms with Gasteiger partial charge in [0.1, 0.15) is 0 Å². The molecular formula is C22H34. The Bertz CT molecular complexity index is 398. The van der Waals surface area contributed by atoms with E-state index in [4.69, 9.17) is 0 Å². The van der Waals surface area contributed by atoms with Crippen LogP contribution in [0.25, 0.3) is 0 Å². The zero-order valence-electron chi connectivity index (χ0n) is 15.3. The normalized spacial score (nSPS) is 12.1. The molecule has 122 valence electrons. The lowest BCUT2D eigenvalue weighted by Crippen LogP contribution is -1.88. The summed E-state index contributed by atoms with van der Waals surface area (Å²) < 4.78 is 0. The van der Waals surface area contributed by atoms with Crippen LogP contribution in [0.1, 0.15) is 77.3 Å². The van der Waals surface area contributed by atoms with Crippen molar-refractivity contribution in [2.24, 2.45) is 0 Å². The van der Waals surface area contributed by atoms with Crippen molar-refractivity contribution >= 4 is 0 Å². The summed E-state index contributed by atoms with van der Waals surface area (Å²) in [6.45, 7) is 13.0. The van der Waals surface area contributed by atoms with Crippen LogP contribution < -0.4 is 0 Å². The van der Waals surface area contributed by atoms with Gasteiger partial charge >= 0.3 is 0 Å². The van der Waals surface area contributed by atoms with Crippen LogP contribution in [0.4, 0.5) is 0 Å². The average molecular weight is 299 g/mol. The lowest BCUT2D eigenvalue weighted by molar-refractivity contribution is 0.733. The van der Waals surface area contributed by atoms with E-state index in [1.165, 1.54) is 24.0 Å². The molecule has 0 saturated heterocycles. The van der Waals surface area contributed by atoms with E-state index in [0.717, 1.165) is 0 Å². The highest BCUT2D eigenvalue weighted by Crippen LogP contribution is 2.17. The fourth-order valence-corrected chi connectivity index (χ4v) is 2.03. The number of hydrogen-bond donors (Lipinski definition) is 0. The Hall–Kier alpha value is -1.56. The molecule has 0 aromatic heterocycles. The van der Waals surface area contributed by atoms with Crippen molar-refractivity contribution in [1.29, 1.82) is 0 Å². The first-order valence-electron chi connectivity index (χ1n) is 8.78. The molecule has 0 heteroatoms. The summed E-state index contributed by atoms with van der Waals surface area (Å²) in [5.74, 6) is 1.42. The summed E-state index contributed by atoms with van der Waals surface area (Å²) in [5.41, 5.74) is 2.90. The average Bonchev–Trinajstić information content (AvgIpc) is 2.64. The summed E-state index contributed by atoms with van der Waals surface area (Å²) in [7, 11) is 0. The molecule has 2 unspecified atom stereocenters. The highest BCUT2D eigenvalue weighted by molar-refractivity contribution is 5.18. The first-order valence-corrected chi connectivity index (χ1v) is 8.78. The smallest absolute Gasteiger partial charge is 0.0193 e. The standard InChI is InChI=1S/2C10H14.C2H6/c2*1-3-9(2)10-7-5-4-6-8-10;1-2/h2*4-9H,3H2,1-2H3;1-2H3. The van der Waals surface area contributed by atoms with E-state index in [9.17, 15) is 0 Å². The van der Waals surface area contributed by atoms with Gasteiger partial charge in [0.15, 0.2) is 0 Å². The Morgan fingerprint density at radius 1 is 0.591 bits per heavy atom. The van der Waals surface area contributed by atoms with E-state index in [1.807, 2.05) is 13.8 Å². The summed E-state index contributed by atoms with van der Waals surface area (Å²) in [5, 5.41) is 0. The maximum atomic E-state index is 2.26. The second-order valence-electron chi connectivity index (χ2n) is 5.44. The molecule has 22 heavy (non-hydrogen) atoms. The Morgan fingerprint density at radius 2 is 0.864 bits per heavy atom. The third kappa shape index (κ3) is 8.02. The predicted molar refractivity (Wildman–Crippen MR) is 102 cm³/mol. The summed E-state index contributed by atoms with van der Waals surface area (Å²) >= 11 is 0. The number of hydrogen-bond acceptors (Lipinski definition) is 0. The van der Waals surface area contributed by atoms with E-state index in [-0.39, 0.29) is 0 Å². The summed E-state index contributed by atoms with van der Waals surface area (Å²) in [6, 6.07) is 21.3. The fourth-order valence-electron chi connectivity index (χ4n) is 2.03. The Balaban J connectivity index is 0.000000360. The lowest BCUT2D eigenvalue weighted by atomic mass is 9.99. The Labute approximate surface area is 138 Å². The molecule has 0 saturated carbocycles. The van der Waals surface area contributed by atoms with Gasteiger partial charge in [-0.3, -0.25) is 0 Å². The molecule has 0 aliphatic heterocycles. The van der Waals surface area contributed by atoms with Crippen molar-refractivity contribution in [2.45, 2.75) is 66.2 Å². The molecule has 0 nitrogen and oxygen atoms in total. The Morgan fingerprint density at radius 3 is 1.09 bits per heavy atom. The minimum atomic E-state index is 0.709. The molecule has 0 fully saturated rings. The second-order valence-corrected chi connectivity index (χ2v) is 5.44. The molecule has 2 rings (SSSR count). The van der Waals surface area contributed by atoms with Crippen LogP contribution in [0, 0.1) is 0 Å². The third-order valence-electron chi connectivity index (χ3n) is 3.96. The van der Waals surface area contributed by atoms with E-state index in [0.29, 0.717) is 11.8 Å². The van der Waals surface area contributed by atoms with Gasteiger partial charge in [-0.2, -0.15) is 0 Å².